The Kier molecular flexibility index (Phi) is 8.15. The Balaban J connectivity index is 0.00000220. The highest BCUT2D eigenvalue weighted by molar-refractivity contribution is 7.09. The average molecular weight is 329 g/mol. The Hall–Kier alpha value is -1.27. The molecule has 0 radical (unpaired) electrons. The first-order valence-electron chi connectivity index (χ1n) is 6.47. The van der Waals surface area contributed by atoms with Gasteiger partial charge >= 0.3 is 0 Å². The predicted octanol–water partition coefficient (Wildman–Crippen LogP) is -0.578. The number of aliphatic hydroxyl groups excluding tert-OH is 1. The highest BCUT2D eigenvalue weighted by Gasteiger charge is 2.05. The fourth-order valence-electron chi connectivity index (χ4n) is 1.84. The smallest absolute Gasteiger partial charge is 0.161 e. The van der Waals surface area contributed by atoms with Gasteiger partial charge in [-0.1, -0.05) is 12.1 Å². The summed E-state index contributed by atoms with van der Waals surface area (Å²) in [6.07, 6.45) is 0. The largest absolute Gasteiger partial charge is 1.00 e. The van der Waals surface area contributed by atoms with Gasteiger partial charge in [-0.3, -0.25) is 0 Å². The van der Waals surface area contributed by atoms with Crippen LogP contribution in [-0.4, -0.2) is 25.4 Å². The molecule has 0 fully saturated rings. The second kappa shape index (κ2) is 9.63. The van der Waals surface area contributed by atoms with Crippen LogP contribution >= 0.6 is 11.3 Å². The van der Waals surface area contributed by atoms with Crippen LogP contribution in [0, 0.1) is 0 Å². The molecule has 0 atom stereocenters. The van der Waals surface area contributed by atoms with Gasteiger partial charge in [0, 0.05) is 18.0 Å². The van der Waals surface area contributed by atoms with Crippen LogP contribution in [0.1, 0.15) is 10.4 Å². The van der Waals surface area contributed by atoms with E-state index < -0.39 is 0 Å². The zero-order chi connectivity index (χ0) is 14.2. The van der Waals surface area contributed by atoms with Crippen molar-refractivity contribution in [2.75, 3.05) is 20.3 Å². The normalized spacial score (nSPS) is 10.0. The Labute approximate surface area is 135 Å². The molecular formula is C15H19ClNO3S-. The summed E-state index contributed by atoms with van der Waals surface area (Å²) in [4.78, 5) is 1.32. The molecule has 4 nitrogen and oxygen atoms in total. The predicted molar refractivity (Wildman–Crippen MR) is 80.4 cm³/mol. The lowest BCUT2D eigenvalue weighted by atomic mass is 10.2. The second-order valence-electron chi connectivity index (χ2n) is 4.24. The third-order valence-electron chi connectivity index (χ3n) is 2.79. The van der Waals surface area contributed by atoms with Crippen LogP contribution in [0.5, 0.6) is 11.5 Å². The maximum Gasteiger partial charge on any atom is 0.161 e. The van der Waals surface area contributed by atoms with E-state index >= 15 is 0 Å². The summed E-state index contributed by atoms with van der Waals surface area (Å²) in [5.74, 6) is 1.34. The number of hydrogen-bond acceptors (Lipinski definition) is 5. The fourth-order valence-corrected chi connectivity index (χ4v) is 2.51. The number of halogens is 1. The van der Waals surface area contributed by atoms with E-state index in [4.69, 9.17) is 14.6 Å². The van der Waals surface area contributed by atoms with Gasteiger partial charge in [-0.2, -0.15) is 0 Å². The number of rotatable bonds is 8. The molecule has 1 aromatic carbocycles. The molecule has 1 heterocycles. The lowest BCUT2D eigenvalue weighted by molar-refractivity contribution is -0.00000546. The number of hydrogen-bond donors (Lipinski definition) is 2. The van der Waals surface area contributed by atoms with E-state index in [1.165, 1.54) is 4.88 Å². The molecular weight excluding hydrogens is 310 g/mol. The van der Waals surface area contributed by atoms with Crippen LogP contribution < -0.4 is 27.2 Å². The fraction of sp³-hybridized carbons (Fsp3) is 0.333. The first kappa shape index (κ1) is 17.8. The number of ether oxygens (including phenoxy) is 2. The number of methoxy groups -OCH3 is 1. The highest BCUT2D eigenvalue weighted by atomic mass is 35.5. The average Bonchev–Trinajstić information content (AvgIpc) is 2.99. The van der Waals surface area contributed by atoms with Gasteiger partial charge in [-0.05, 0) is 29.1 Å². The molecule has 2 aromatic rings. The second-order valence-corrected chi connectivity index (χ2v) is 5.27. The molecule has 0 amide bonds. The molecule has 116 valence electrons. The Morgan fingerprint density at radius 1 is 1.19 bits per heavy atom. The molecule has 1 aromatic heterocycles. The molecule has 0 bridgehead atoms. The Morgan fingerprint density at radius 2 is 2.05 bits per heavy atom. The van der Waals surface area contributed by atoms with E-state index in [1.54, 1.807) is 18.4 Å². The van der Waals surface area contributed by atoms with Crippen molar-refractivity contribution in [3.05, 3.63) is 46.2 Å². The standard InChI is InChI=1S/C15H19NO3S.ClH/c1-18-15-9-12(4-5-14(15)19-7-6-17)10-16-11-13-3-2-8-20-13;/h2-5,8-9,16-17H,6-7,10-11H2,1H3;1H/p-1. The summed E-state index contributed by atoms with van der Waals surface area (Å²) in [5.41, 5.74) is 1.13. The molecule has 21 heavy (non-hydrogen) atoms. The highest BCUT2D eigenvalue weighted by Crippen LogP contribution is 2.28. The van der Waals surface area contributed by atoms with Crippen LogP contribution in [0.2, 0.25) is 0 Å². The monoisotopic (exact) mass is 328 g/mol. The Bertz CT molecular complexity index is 520. The zero-order valence-electron chi connectivity index (χ0n) is 11.8. The third-order valence-corrected chi connectivity index (χ3v) is 3.66. The van der Waals surface area contributed by atoms with Crippen LogP contribution in [0.25, 0.3) is 0 Å². The summed E-state index contributed by atoms with van der Waals surface area (Å²) in [6, 6.07) is 9.99. The van der Waals surface area contributed by atoms with E-state index in [0.29, 0.717) is 11.5 Å². The van der Waals surface area contributed by atoms with E-state index in [9.17, 15) is 0 Å². The number of aliphatic hydroxyl groups is 1. The van der Waals surface area contributed by atoms with Crippen molar-refractivity contribution in [1.29, 1.82) is 0 Å². The number of thiophene rings is 1. The molecule has 0 aliphatic rings. The van der Waals surface area contributed by atoms with Crippen LogP contribution in [0.3, 0.4) is 0 Å². The first-order chi connectivity index (χ1) is 9.83. The summed E-state index contributed by atoms with van der Waals surface area (Å²) in [6.45, 7) is 1.90. The van der Waals surface area contributed by atoms with Crippen molar-refractivity contribution in [3.63, 3.8) is 0 Å². The SMILES string of the molecule is COc1cc(CNCc2cccs2)ccc1OCCO.[Cl-]. The minimum absolute atomic E-state index is 0. The Morgan fingerprint density at radius 3 is 2.71 bits per heavy atom. The molecule has 2 N–H and O–H groups in total. The molecule has 0 aliphatic heterocycles. The van der Waals surface area contributed by atoms with Crippen LogP contribution in [0.4, 0.5) is 0 Å². The van der Waals surface area contributed by atoms with Crippen molar-refractivity contribution in [2.45, 2.75) is 13.1 Å². The molecule has 0 saturated heterocycles. The molecule has 0 spiro atoms. The van der Waals surface area contributed by atoms with Gasteiger partial charge in [0.1, 0.15) is 6.61 Å². The van der Waals surface area contributed by atoms with Crippen molar-refractivity contribution in [2.24, 2.45) is 0 Å². The maximum atomic E-state index is 8.78. The maximum absolute atomic E-state index is 8.78. The minimum atomic E-state index is -0.00667. The van der Waals surface area contributed by atoms with Crippen LogP contribution in [0.15, 0.2) is 35.7 Å². The van der Waals surface area contributed by atoms with Gasteiger partial charge in [-0.15, -0.1) is 11.3 Å². The van der Waals surface area contributed by atoms with Crippen molar-refractivity contribution in [1.82, 2.24) is 5.32 Å². The van der Waals surface area contributed by atoms with Gasteiger partial charge in [0.25, 0.3) is 0 Å². The summed E-state index contributed by atoms with van der Waals surface area (Å²) in [7, 11) is 1.62. The van der Waals surface area contributed by atoms with Crippen molar-refractivity contribution >= 4 is 11.3 Å². The summed E-state index contributed by atoms with van der Waals surface area (Å²) >= 11 is 1.75. The lowest BCUT2D eigenvalue weighted by Crippen LogP contribution is -3.00. The van der Waals surface area contributed by atoms with Gasteiger partial charge in [0.2, 0.25) is 0 Å². The minimum Gasteiger partial charge on any atom is -1.00 e. The van der Waals surface area contributed by atoms with E-state index in [2.05, 4.69) is 22.8 Å². The summed E-state index contributed by atoms with van der Waals surface area (Å²) in [5, 5.41) is 14.2. The van der Waals surface area contributed by atoms with Crippen molar-refractivity contribution in [3.8, 4) is 11.5 Å². The van der Waals surface area contributed by atoms with E-state index in [-0.39, 0.29) is 25.6 Å². The third kappa shape index (κ3) is 5.55. The number of benzene rings is 1. The lowest BCUT2D eigenvalue weighted by Gasteiger charge is -2.11. The van der Waals surface area contributed by atoms with E-state index in [1.807, 2.05) is 18.2 Å². The quantitative estimate of drug-likeness (QED) is 0.681. The molecule has 6 heteroatoms. The van der Waals surface area contributed by atoms with Gasteiger partial charge in [0.15, 0.2) is 11.5 Å². The van der Waals surface area contributed by atoms with Crippen LogP contribution in [-0.2, 0) is 13.1 Å². The van der Waals surface area contributed by atoms with Gasteiger partial charge in [0.05, 0.1) is 13.7 Å². The first-order valence-corrected chi connectivity index (χ1v) is 7.35. The zero-order valence-corrected chi connectivity index (χ0v) is 13.4. The molecule has 0 unspecified atom stereocenters. The topological polar surface area (TPSA) is 50.7 Å². The molecule has 0 aliphatic carbocycles. The van der Waals surface area contributed by atoms with Gasteiger partial charge < -0.3 is 32.3 Å². The summed E-state index contributed by atoms with van der Waals surface area (Å²) < 4.78 is 10.7. The molecule has 0 saturated carbocycles. The number of nitrogens with one attached hydrogen (secondary N) is 1. The van der Waals surface area contributed by atoms with E-state index in [0.717, 1.165) is 18.7 Å². The molecule has 2 rings (SSSR count). The van der Waals surface area contributed by atoms with Crippen molar-refractivity contribution < 1.29 is 27.0 Å². The van der Waals surface area contributed by atoms with Gasteiger partial charge in [-0.25, -0.2) is 0 Å².